The second-order valence-corrected chi connectivity index (χ2v) is 4.92. The van der Waals surface area contributed by atoms with Gasteiger partial charge in [0.15, 0.2) is 0 Å². The maximum Gasteiger partial charge on any atom is 0.243 e. The summed E-state index contributed by atoms with van der Waals surface area (Å²) in [7, 11) is -3.52. The van der Waals surface area contributed by atoms with E-state index in [0.717, 1.165) is 6.42 Å². The SMILES string of the molecule is CCC(C)NS(=O)(=O)c1cnc(N)nc1. The Morgan fingerprint density at radius 2 is 2.00 bits per heavy atom. The molecule has 6 nitrogen and oxygen atoms in total. The third kappa shape index (κ3) is 3.14. The lowest BCUT2D eigenvalue weighted by Crippen LogP contribution is -2.32. The smallest absolute Gasteiger partial charge is 0.243 e. The minimum atomic E-state index is -3.52. The first kappa shape index (κ1) is 11.9. The quantitative estimate of drug-likeness (QED) is 0.766. The topological polar surface area (TPSA) is 98.0 Å². The average Bonchev–Trinajstić information content (AvgIpc) is 2.17. The molecular formula is C8H14N4O2S. The van der Waals surface area contributed by atoms with Crippen LogP contribution in [0.5, 0.6) is 0 Å². The molecule has 1 atom stereocenters. The number of aromatic nitrogens is 2. The predicted octanol–water partition coefficient (Wildman–Crippen LogP) is 0.136. The van der Waals surface area contributed by atoms with E-state index in [1.165, 1.54) is 12.4 Å². The van der Waals surface area contributed by atoms with Gasteiger partial charge in [-0.2, -0.15) is 0 Å². The molecule has 0 amide bonds. The van der Waals surface area contributed by atoms with E-state index in [-0.39, 0.29) is 16.9 Å². The highest BCUT2D eigenvalue weighted by molar-refractivity contribution is 7.89. The van der Waals surface area contributed by atoms with Crippen LogP contribution in [0.15, 0.2) is 17.3 Å². The highest BCUT2D eigenvalue weighted by Crippen LogP contribution is 2.07. The van der Waals surface area contributed by atoms with Crippen molar-refractivity contribution in [2.24, 2.45) is 0 Å². The molecule has 0 aliphatic rings. The number of nitrogens with two attached hydrogens (primary N) is 1. The van der Waals surface area contributed by atoms with E-state index in [4.69, 9.17) is 5.73 Å². The van der Waals surface area contributed by atoms with Crippen molar-refractivity contribution >= 4 is 16.0 Å². The molecule has 0 spiro atoms. The summed E-state index contributed by atoms with van der Waals surface area (Å²) in [6.45, 7) is 3.68. The average molecular weight is 230 g/mol. The van der Waals surface area contributed by atoms with Crippen LogP contribution in [0.25, 0.3) is 0 Å². The maximum atomic E-state index is 11.7. The fourth-order valence-electron chi connectivity index (χ4n) is 0.881. The number of hydrogen-bond acceptors (Lipinski definition) is 5. The molecule has 0 aliphatic heterocycles. The van der Waals surface area contributed by atoms with Gasteiger partial charge in [-0.15, -0.1) is 0 Å². The van der Waals surface area contributed by atoms with Crippen molar-refractivity contribution in [1.82, 2.24) is 14.7 Å². The summed E-state index contributed by atoms with van der Waals surface area (Å²) in [6.07, 6.45) is 3.09. The molecule has 0 fully saturated rings. The molecule has 1 unspecified atom stereocenters. The molecule has 0 saturated heterocycles. The summed E-state index contributed by atoms with van der Waals surface area (Å²) in [4.78, 5) is 7.28. The van der Waals surface area contributed by atoms with Crippen molar-refractivity contribution in [3.63, 3.8) is 0 Å². The standard InChI is InChI=1S/C8H14N4O2S/c1-3-6(2)12-15(13,14)7-4-10-8(9)11-5-7/h4-6,12H,3H2,1-2H3,(H2,9,10,11). The fraction of sp³-hybridized carbons (Fsp3) is 0.500. The molecule has 1 heterocycles. The lowest BCUT2D eigenvalue weighted by molar-refractivity contribution is 0.555. The molecule has 84 valence electrons. The first-order valence-electron chi connectivity index (χ1n) is 4.55. The second-order valence-electron chi connectivity index (χ2n) is 3.21. The van der Waals surface area contributed by atoms with E-state index in [1.54, 1.807) is 6.92 Å². The van der Waals surface area contributed by atoms with Gasteiger partial charge in [0.2, 0.25) is 16.0 Å². The van der Waals surface area contributed by atoms with E-state index in [1.807, 2.05) is 6.92 Å². The number of sulfonamides is 1. The molecular weight excluding hydrogens is 216 g/mol. The molecule has 1 aromatic heterocycles. The predicted molar refractivity (Wildman–Crippen MR) is 56.5 cm³/mol. The van der Waals surface area contributed by atoms with Crippen molar-refractivity contribution < 1.29 is 8.42 Å². The molecule has 0 saturated carbocycles. The van der Waals surface area contributed by atoms with Gasteiger partial charge in [0, 0.05) is 6.04 Å². The van der Waals surface area contributed by atoms with Gasteiger partial charge in [-0.05, 0) is 13.3 Å². The van der Waals surface area contributed by atoms with Crippen molar-refractivity contribution in [1.29, 1.82) is 0 Å². The summed E-state index contributed by atoms with van der Waals surface area (Å²) < 4.78 is 25.9. The van der Waals surface area contributed by atoms with Crippen molar-refractivity contribution in [2.45, 2.75) is 31.2 Å². The van der Waals surface area contributed by atoms with E-state index in [9.17, 15) is 8.42 Å². The van der Waals surface area contributed by atoms with Gasteiger partial charge < -0.3 is 5.73 Å². The van der Waals surface area contributed by atoms with Gasteiger partial charge in [0.1, 0.15) is 4.90 Å². The number of hydrogen-bond donors (Lipinski definition) is 2. The van der Waals surface area contributed by atoms with Crippen molar-refractivity contribution in [2.75, 3.05) is 5.73 Å². The minimum absolute atomic E-state index is 0.0250. The number of rotatable bonds is 4. The van der Waals surface area contributed by atoms with Crippen LogP contribution in [0, 0.1) is 0 Å². The van der Waals surface area contributed by atoms with Crippen molar-refractivity contribution in [3.8, 4) is 0 Å². The third-order valence-electron chi connectivity index (χ3n) is 1.93. The molecule has 0 aliphatic carbocycles. The van der Waals surface area contributed by atoms with E-state index in [0.29, 0.717) is 0 Å². The van der Waals surface area contributed by atoms with Crippen LogP contribution in [0.3, 0.4) is 0 Å². The van der Waals surface area contributed by atoms with Crippen LogP contribution >= 0.6 is 0 Å². The zero-order valence-electron chi connectivity index (χ0n) is 8.64. The van der Waals surface area contributed by atoms with Crippen LogP contribution < -0.4 is 10.5 Å². The molecule has 0 bridgehead atoms. The van der Waals surface area contributed by atoms with E-state index < -0.39 is 10.0 Å². The van der Waals surface area contributed by atoms with Gasteiger partial charge in [-0.3, -0.25) is 0 Å². The first-order chi connectivity index (χ1) is 6.95. The maximum absolute atomic E-state index is 11.7. The summed E-state index contributed by atoms with van der Waals surface area (Å²) in [5.74, 6) is 0.0532. The van der Waals surface area contributed by atoms with Gasteiger partial charge in [-0.1, -0.05) is 6.92 Å². The fourth-order valence-corrected chi connectivity index (χ4v) is 2.10. The largest absolute Gasteiger partial charge is 0.368 e. The van der Waals surface area contributed by atoms with Gasteiger partial charge in [0.05, 0.1) is 12.4 Å². The van der Waals surface area contributed by atoms with Crippen LogP contribution in [0.4, 0.5) is 5.95 Å². The number of nitrogens with zero attached hydrogens (tertiary/aromatic N) is 2. The molecule has 7 heteroatoms. The van der Waals surface area contributed by atoms with Crippen LogP contribution in [-0.4, -0.2) is 24.4 Å². The first-order valence-corrected chi connectivity index (χ1v) is 6.04. The normalized spacial score (nSPS) is 13.7. The highest BCUT2D eigenvalue weighted by Gasteiger charge is 2.16. The van der Waals surface area contributed by atoms with E-state index >= 15 is 0 Å². The lowest BCUT2D eigenvalue weighted by Gasteiger charge is -2.11. The van der Waals surface area contributed by atoms with E-state index in [2.05, 4.69) is 14.7 Å². The molecule has 0 aromatic carbocycles. The van der Waals surface area contributed by atoms with Crippen LogP contribution in [0.2, 0.25) is 0 Å². The third-order valence-corrected chi connectivity index (χ3v) is 3.47. The second kappa shape index (κ2) is 4.54. The monoisotopic (exact) mass is 230 g/mol. The Labute approximate surface area is 89.0 Å². The Morgan fingerprint density at radius 1 is 1.47 bits per heavy atom. The summed E-state index contributed by atoms with van der Waals surface area (Å²) in [5, 5.41) is 0. The summed E-state index contributed by atoms with van der Waals surface area (Å²) >= 11 is 0. The summed E-state index contributed by atoms with van der Waals surface area (Å²) in [5.41, 5.74) is 5.26. The molecule has 0 radical (unpaired) electrons. The Hall–Kier alpha value is -1.21. The lowest BCUT2D eigenvalue weighted by atomic mass is 10.3. The number of nitrogens with one attached hydrogen (secondary N) is 1. The molecule has 15 heavy (non-hydrogen) atoms. The van der Waals surface area contributed by atoms with Gasteiger partial charge >= 0.3 is 0 Å². The minimum Gasteiger partial charge on any atom is -0.368 e. The molecule has 1 rings (SSSR count). The van der Waals surface area contributed by atoms with Gasteiger partial charge in [0.25, 0.3) is 0 Å². The number of nitrogen functional groups attached to an aromatic ring is 1. The highest BCUT2D eigenvalue weighted by atomic mass is 32.2. The van der Waals surface area contributed by atoms with Crippen LogP contribution in [-0.2, 0) is 10.0 Å². The Kier molecular flexibility index (Phi) is 3.59. The zero-order valence-corrected chi connectivity index (χ0v) is 9.45. The Balaban J connectivity index is 2.91. The van der Waals surface area contributed by atoms with Gasteiger partial charge in [-0.25, -0.2) is 23.1 Å². The zero-order chi connectivity index (χ0) is 11.5. The molecule has 3 N–H and O–H groups in total. The van der Waals surface area contributed by atoms with Crippen LogP contribution in [0.1, 0.15) is 20.3 Å². The summed E-state index contributed by atoms with van der Waals surface area (Å²) in [6, 6.07) is -0.118. The molecule has 1 aromatic rings. The number of anilines is 1. The Bertz CT molecular complexity index is 415. The Morgan fingerprint density at radius 3 is 2.47 bits per heavy atom. The van der Waals surface area contributed by atoms with Crippen molar-refractivity contribution in [3.05, 3.63) is 12.4 Å².